The van der Waals surface area contributed by atoms with E-state index in [1.165, 1.54) is 102 Å². The Balaban J connectivity index is 0.000000306. The summed E-state index contributed by atoms with van der Waals surface area (Å²) in [5.74, 6) is 1.11. The molecule has 0 spiro atoms. The second-order valence-electron chi connectivity index (χ2n) is 23.5. The van der Waals surface area contributed by atoms with Gasteiger partial charge in [-0.3, -0.25) is 0 Å². The number of aliphatic hydroxyl groups excluding tert-OH is 10. The smallest absolute Gasteiger partial charge is 0.748 e. The largest absolute Gasteiger partial charge is 1.00 e. The van der Waals surface area contributed by atoms with Crippen molar-refractivity contribution >= 4 is 20.2 Å². The van der Waals surface area contributed by atoms with Gasteiger partial charge >= 0.3 is 29.6 Å². The molecule has 1 aromatic rings. The van der Waals surface area contributed by atoms with Gasteiger partial charge in [-0.15, -0.1) is 0 Å². The van der Waals surface area contributed by atoms with Gasteiger partial charge in [0.15, 0.2) is 25.2 Å². The molecule has 6 fully saturated rings. The van der Waals surface area contributed by atoms with Crippen molar-refractivity contribution in [1.82, 2.24) is 0 Å². The Morgan fingerprint density at radius 2 is 0.903 bits per heavy atom. The normalized spacial score (nSPS) is 37.2. The van der Waals surface area contributed by atoms with Gasteiger partial charge in [0.2, 0.25) is 0 Å². The molecule has 7 aliphatic rings. The second kappa shape index (κ2) is 42.2. The zero-order valence-corrected chi connectivity index (χ0v) is 58.9. The average molecular weight is 1400 g/mol. The van der Waals surface area contributed by atoms with Crippen LogP contribution in [0.15, 0.2) is 18.2 Å². The Morgan fingerprint density at radius 1 is 0.527 bits per heavy atom. The van der Waals surface area contributed by atoms with Gasteiger partial charge in [0.05, 0.1) is 73.4 Å². The van der Waals surface area contributed by atoms with Crippen molar-refractivity contribution in [2.75, 3.05) is 129 Å². The molecule has 24 atom stereocenters. The number of rotatable bonds is 25. The third-order valence-electron chi connectivity index (χ3n) is 17.8. The number of hydrogen-bond donors (Lipinski definition) is 11. The summed E-state index contributed by atoms with van der Waals surface area (Å²) in [6.45, 7) is 1.37. The van der Waals surface area contributed by atoms with Crippen molar-refractivity contribution in [2.45, 2.75) is 198 Å². The summed E-state index contributed by atoms with van der Waals surface area (Å²) in [6.07, 6.45) is -9.38. The molecule has 5 saturated heterocycles. The summed E-state index contributed by atoms with van der Waals surface area (Å²) in [5, 5.41) is 95.5. The minimum atomic E-state index is -4.20. The molecule has 32 nitrogen and oxygen atoms in total. The summed E-state index contributed by atoms with van der Waals surface area (Å²) in [5.41, 5.74) is 3.73. The van der Waals surface area contributed by atoms with Crippen molar-refractivity contribution in [2.24, 2.45) is 5.92 Å². The average Bonchev–Trinajstić information content (AvgIpc) is 0.719. The topological polar surface area (TPSA) is 460 Å². The quantitative estimate of drug-likeness (QED) is 0.0246. The van der Waals surface area contributed by atoms with Crippen LogP contribution in [0.3, 0.4) is 0 Å². The van der Waals surface area contributed by atoms with E-state index in [0.717, 1.165) is 17.7 Å². The number of likely N-dealkylation sites (tertiary alicyclic amines) is 1. The van der Waals surface area contributed by atoms with Crippen LogP contribution in [0.2, 0.25) is 0 Å². The molecule has 0 radical (unpaired) electrons. The van der Waals surface area contributed by atoms with E-state index in [9.17, 15) is 66.8 Å². The van der Waals surface area contributed by atoms with Gasteiger partial charge in [-0.25, -0.2) is 16.8 Å². The number of quaternary nitrogens is 1. The van der Waals surface area contributed by atoms with Crippen LogP contribution in [0.5, 0.6) is 5.75 Å². The number of piperidine rings is 1. The number of unbranched alkanes of at least 4 members (excludes halogenated alkanes) is 2. The van der Waals surface area contributed by atoms with Crippen LogP contribution in [0.4, 0.5) is 0 Å². The first-order valence-corrected chi connectivity index (χ1v) is 33.8. The number of aliphatic hydroxyl groups is 10. The summed E-state index contributed by atoms with van der Waals surface area (Å²) < 4.78 is 140. The fourth-order valence-corrected chi connectivity index (χ4v) is 14.1. The van der Waals surface area contributed by atoms with Gasteiger partial charge in [-0.05, 0) is 61.8 Å². The van der Waals surface area contributed by atoms with Crippen molar-refractivity contribution in [3.63, 3.8) is 0 Å². The zero-order valence-electron chi connectivity index (χ0n) is 55.2. The molecule has 2 bridgehead atoms. The van der Waals surface area contributed by atoms with Crippen LogP contribution in [0.1, 0.15) is 68.9 Å². The second-order valence-corrected chi connectivity index (χ2v) is 26.5. The molecule has 8 rings (SSSR count). The fourth-order valence-electron chi connectivity index (χ4n) is 13.0. The molecule has 93 heavy (non-hydrogen) atoms. The van der Waals surface area contributed by atoms with E-state index in [2.05, 4.69) is 25.2 Å². The number of benzene rings is 1. The number of hydrogen-bond acceptors (Lipinski definition) is 31. The van der Waals surface area contributed by atoms with Gasteiger partial charge in [-0.2, -0.15) is 0 Å². The van der Waals surface area contributed by atoms with Crippen molar-refractivity contribution in [3.8, 4) is 5.75 Å². The molecule has 5 heterocycles. The standard InChI is InChI=1S/C18H25NO.2C12H24O9S.2C8H16O6.Na/c1-19-10-9-18-8-4-3-5-15(18)17(19)11-13-6-7-14(20-2)12-16(13)18;2*1-18-11-8(21-12(19-2)10(14)9(11)13)7-20-5-3-4-6-22(15,16)17;2*1-12-7-4(3-9)14-8(13-2)6(11)5(7)10;/h6-7,12,15,17H,3-5,8-11H2,1-2H3;2*8-14H,3-7H2,1-2H3,(H,15,16,17);2*4-11H,3H2,1-2H3;/q;;;;;+1/p-1/t15-,17+,18+;;;;;/m0...../s1. The van der Waals surface area contributed by atoms with Gasteiger partial charge < -0.3 is 136 Å². The molecule has 1 aromatic carbocycles. The number of methoxy groups -OCH3 is 9. The van der Waals surface area contributed by atoms with Crippen LogP contribution < -0.4 is 39.2 Å². The predicted molar refractivity (Wildman–Crippen MR) is 318 cm³/mol. The first-order chi connectivity index (χ1) is 43.6. The Hall–Kier alpha value is -1.16. The first-order valence-electron chi connectivity index (χ1n) is 30.7. The number of likely N-dealkylation sites (N-methyl/N-ethyl adjacent to an activating group) is 1. The molecular weight excluding hydrogens is 1290 g/mol. The molecule has 1 saturated carbocycles. The molecule has 35 heteroatoms. The van der Waals surface area contributed by atoms with E-state index in [1.807, 2.05) is 0 Å². The van der Waals surface area contributed by atoms with E-state index in [1.54, 1.807) is 23.1 Å². The Labute approximate surface area is 567 Å². The van der Waals surface area contributed by atoms with E-state index in [4.69, 9.17) is 81.3 Å². The van der Waals surface area contributed by atoms with Crippen molar-refractivity contribution in [3.05, 3.63) is 29.3 Å². The summed E-state index contributed by atoms with van der Waals surface area (Å²) >= 11 is 0. The van der Waals surface area contributed by atoms with Gasteiger partial charge in [-0.1, -0.05) is 18.9 Å². The molecule has 0 amide bonds. The van der Waals surface area contributed by atoms with E-state index >= 15 is 0 Å². The Morgan fingerprint density at radius 3 is 1.25 bits per heavy atom. The zero-order chi connectivity index (χ0) is 68.7. The molecule has 2 aliphatic carbocycles. The van der Waals surface area contributed by atoms with Crippen LogP contribution >= 0.6 is 0 Å². The molecule has 5 aliphatic heterocycles. The van der Waals surface area contributed by atoms with Crippen LogP contribution in [-0.4, -0.2) is 335 Å². The SMILES string of the molecule is COC1OC(CO)C(OC)C(O)C1O.COC1OC(CO)C(OC)C(O)C1O.COC1OC(COCCCCS(=O)(=O)[O-])C(OC)C(O)C1O.COC1OC(COCCCCS(=O)(=O)[O-])C(OC)C(O)C1O.COc1ccc2c(c1)[C@@]13CCCC[C@H]1[C@@H](C2)[NH+](C)CC3.[Na+]. The molecular formula is C58H104NNaO31S2. The van der Waals surface area contributed by atoms with Crippen LogP contribution in [0.25, 0.3) is 0 Å². The fraction of sp³-hybridized carbons (Fsp3) is 0.897. The Bertz CT molecular complexity index is 2330. The van der Waals surface area contributed by atoms with Gasteiger partial charge in [0.1, 0.15) is 103 Å². The van der Waals surface area contributed by atoms with Crippen molar-refractivity contribution in [1.29, 1.82) is 0 Å². The summed E-state index contributed by atoms with van der Waals surface area (Å²) in [6, 6.07) is 7.71. The molecule has 0 aromatic heterocycles. The third kappa shape index (κ3) is 24.3. The van der Waals surface area contributed by atoms with Crippen LogP contribution in [-0.2, 0) is 98.4 Å². The predicted octanol–water partition coefficient (Wildman–Crippen LogP) is -7.98. The molecule has 11 N–H and O–H groups in total. The first kappa shape index (κ1) is 86.1. The number of fused-ring (bicyclic) bond motifs is 1. The van der Waals surface area contributed by atoms with Crippen LogP contribution in [0, 0.1) is 5.92 Å². The summed E-state index contributed by atoms with van der Waals surface area (Å²) in [7, 11) is 6.70. The monoisotopic (exact) mass is 1400 g/mol. The minimum absolute atomic E-state index is 0. The van der Waals surface area contributed by atoms with E-state index < -0.39 is 155 Å². The van der Waals surface area contributed by atoms with Crippen molar-refractivity contribution < 1.29 is 183 Å². The van der Waals surface area contributed by atoms with E-state index in [-0.39, 0.29) is 82.0 Å². The maximum atomic E-state index is 10.4. The maximum absolute atomic E-state index is 10.4. The maximum Gasteiger partial charge on any atom is 1.00 e. The van der Waals surface area contributed by atoms with E-state index in [0.29, 0.717) is 18.3 Å². The Kier molecular flexibility index (Phi) is 39.0. The molecule has 540 valence electrons. The third-order valence-corrected chi connectivity index (χ3v) is 19.4. The molecule has 21 unspecified atom stereocenters. The minimum Gasteiger partial charge on any atom is -0.748 e. The van der Waals surface area contributed by atoms with Gasteiger partial charge in [0.25, 0.3) is 0 Å². The van der Waals surface area contributed by atoms with Gasteiger partial charge in [0, 0.05) is 106 Å². The number of nitrogens with one attached hydrogen (secondary N) is 1. The summed E-state index contributed by atoms with van der Waals surface area (Å²) in [4.78, 5) is 1.77. The number of ether oxygens (including phenoxy) is 15.